The van der Waals surface area contributed by atoms with Crippen molar-refractivity contribution in [3.8, 4) is 0 Å². The first-order valence-corrected chi connectivity index (χ1v) is 10.1. The highest BCUT2D eigenvalue weighted by atomic mass is 79.9. The summed E-state index contributed by atoms with van der Waals surface area (Å²) in [7, 11) is 0. The van der Waals surface area contributed by atoms with Crippen molar-refractivity contribution in [2.24, 2.45) is 0 Å². The zero-order valence-corrected chi connectivity index (χ0v) is 17.7. The van der Waals surface area contributed by atoms with Gasteiger partial charge in [-0.2, -0.15) is 0 Å². The molecule has 2 unspecified atom stereocenters. The third kappa shape index (κ3) is 4.08. The predicted octanol–water partition coefficient (Wildman–Crippen LogP) is 5.25. The SMILES string of the molecule is CC1CCc2cc(Cl)cc(Br)c2N1C1CCN(C(=O)OC(C)(C)C)C1. The third-order valence-electron chi connectivity index (χ3n) is 4.88. The molecule has 2 heterocycles. The molecule has 25 heavy (non-hydrogen) atoms. The van der Waals surface area contributed by atoms with Crippen LogP contribution in [0.25, 0.3) is 0 Å². The number of ether oxygens (including phenoxy) is 1. The lowest BCUT2D eigenvalue weighted by Crippen LogP contribution is -2.47. The van der Waals surface area contributed by atoms with Crippen LogP contribution < -0.4 is 4.90 Å². The second-order valence-electron chi connectivity index (χ2n) is 8.06. The number of likely N-dealkylation sites (tertiary alicyclic amines) is 1. The number of aryl methyl sites for hydroxylation is 1. The zero-order chi connectivity index (χ0) is 18.4. The van der Waals surface area contributed by atoms with Crippen LogP contribution in [0.15, 0.2) is 16.6 Å². The molecule has 2 aliphatic rings. The number of carbonyl (C=O) groups is 1. The zero-order valence-electron chi connectivity index (χ0n) is 15.3. The van der Waals surface area contributed by atoms with Gasteiger partial charge in [-0.15, -0.1) is 0 Å². The summed E-state index contributed by atoms with van der Waals surface area (Å²) in [5.41, 5.74) is 2.06. The second kappa shape index (κ2) is 6.99. The summed E-state index contributed by atoms with van der Waals surface area (Å²) >= 11 is 9.93. The molecular weight excluding hydrogens is 404 g/mol. The van der Waals surface area contributed by atoms with Crippen molar-refractivity contribution >= 4 is 39.3 Å². The maximum absolute atomic E-state index is 12.4. The minimum Gasteiger partial charge on any atom is -0.444 e. The summed E-state index contributed by atoms with van der Waals surface area (Å²) in [5.74, 6) is 0. The summed E-state index contributed by atoms with van der Waals surface area (Å²) in [6.45, 7) is 9.42. The standard InChI is InChI=1S/C19H26BrClN2O2/c1-12-5-6-13-9-14(21)10-16(20)17(13)23(12)15-7-8-22(11-15)18(24)25-19(2,3)4/h9-10,12,15H,5-8,11H2,1-4H3. The highest BCUT2D eigenvalue weighted by molar-refractivity contribution is 9.10. The van der Waals surface area contributed by atoms with Gasteiger partial charge in [0.05, 0.1) is 5.69 Å². The summed E-state index contributed by atoms with van der Waals surface area (Å²) in [6.07, 6.45) is 2.88. The van der Waals surface area contributed by atoms with E-state index < -0.39 is 5.60 Å². The van der Waals surface area contributed by atoms with Crippen LogP contribution in [0.3, 0.4) is 0 Å². The summed E-state index contributed by atoms with van der Waals surface area (Å²) in [5, 5.41) is 0.766. The first kappa shape index (κ1) is 18.8. The molecule has 1 amide bonds. The molecule has 2 aliphatic heterocycles. The van der Waals surface area contributed by atoms with Gasteiger partial charge >= 0.3 is 6.09 Å². The number of rotatable bonds is 1. The van der Waals surface area contributed by atoms with Gasteiger partial charge in [0.2, 0.25) is 0 Å². The number of benzene rings is 1. The van der Waals surface area contributed by atoms with Crippen LogP contribution >= 0.6 is 27.5 Å². The molecule has 1 saturated heterocycles. The molecule has 4 nitrogen and oxygen atoms in total. The van der Waals surface area contributed by atoms with E-state index in [0.29, 0.717) is 18.6 Å². The van der Waals surface area contributed by atoms with E-state index in [4.69, 9.17) is 16.3 Å². The van der Waals surface area contributed by atoms with Crippen LogP contribution in [0.1, 0.15) is 46.1 Å². The molecule has 6 heteroatoms. The van der Waals surface area contributed by atoms with Crippen molar-refractivity contribution in [3.05, 3.63) is 27.2 Å². The fraction of sp³-hybridized carbons (Fsp3) is 0.632. The molecule has 1 fully saturated rings. The van der Waals surface area contributed by atoms with E-state index >= 15 is 0 Å². The number of halogens is 2. The van der Waals surface area contributed by atoms with Crippen molar-refractivity contribution in [2.75, 3.05) is 18.0 Å². The second-order valence-corrected chi connectivity index (χ2v) is 9.35. The maximum atomic E-state index is 12.4. The number of fused-ring (bicyclic) bond motifs is 1. The molecule has 1 aromatic rings. The lowest BCUT2D eigenvalue weighted by Gasteiger charge is -2.42. The van der Waals surface area contributed by atoms with Crippen molar-refractivity contribution < 1.29 is 9.53 Å². The van der Waals surface area contributed by atoms with Gasteiger partial charge in [-0.3, -0.25) is 0 Å². The van der Waals surface area contributed by atoms with Gasteiger partial charge in [0.15, 0.2) is 0 Å². The normalized spacial score (nSPS) is 23.6. The third-order valence-corrected chi connectivity index (χ3v) is 5.70. The van der Waals surface area contributed by atoms with Gasteiger partial charge in [-0.05, 0) is 80.6 Å². The van der Waals surface area contributed by atoms with Gasteiger partial charge in [-0.25, -0.2) is 4.79 Å². The Balaban J connectivity index is 1.80. The molecule has 0 N–H and O–H groups in total. The molecule has 0 bridgehead atoms. The largest absolute Gasteiger partial charge is 0.444 e. The fourth-order valence-corrected chi connectivity index (χ4v) is 4.91. The lowest BCUT2D eigenvalue weighted by atomic mass is 9.94. The Bertz CT molecular complexity index is 674. The van der Waals surface area contributed by atoms with Gasteiger partial charge in [0, 0.05) is 34.7 Å². The Morgan fingerprint density at radius 3 is 2.72 bits per heavy atom. The summed E-state index contributed by atoms with van der Waals surface area (Å²) < 4.78 is 6.57. The Kier molecular flexibility index (Phi) is 5.27. The number of anilines is 1. The molecular formula is C19H26BrClN2O2. The molecule has 138 valence electrons. The summed E-state index contributed by atoms with van der Waals surface area (Å²) in [4.78, 5) is 16.7. The smallest absolute Gasteiger partial charge is 0.410 e. The monoisotopic (exact) mass is 428 g/mol. The number of hydrogen-bond acceptors (Lipinski definition) is 3. The van der Waals surface area contributed by atoms with Crippen LogP contribution in [0.2, 0.25) is 5.02 Å². The molecule has 0 saturated carbocycles. The van der Waals surface area contributed by atoms with Crippen molar-refractivity contribution in [3.63, 3.8) is 0 Å². The number of hydrogen-bond donors (Lipinski definition) is 0. The minimum atomic E-state index is -0.458. The lowest BCUT2D eigenvalue weighted by molar-refractivity contribution is 0.0292. The van der Waals surface area contributed by atoms with E-state index in [2.05, 4.69) is 33.8 Å². The first-order valence-electron chi connectivity index (χ1n) is 8.90. The summed E-state index contributed by atoms with van der Waals surface area (Å²) in [6, 6.07) is 4.78. The van der Waals surface area contributed by atoms with E-state index in [1.54, 1.807) is 0 Å². The Hall–Kier alpha value is -0.940. The molecule has 2 atom stereocenters. The Morgan fingerprint density at radius 1 is 1.32 bits per heavy atom. The fourth-order valence-electron chi connectivity index (χ4n) is 3.83. The highest BCUT2D eigenvalue weighted by Crippen LogP contribution is 2.41. The van der Waals surface area contributed by atoms with Crippen LogP contribution in [-0.2, 0) is 11.2 Å². The van der Waals surface area contributed by atoms with E-state index in [0.717, 1.165) is 35.3 Å². The first-order chi connectivity index (χ1) is 11.7. The van der Waals surface area contributed by atoms with E-state index in [1.807, 2.05) is 31.7 Å². The number of carbonyl (C=O) groups excluding carboxylic acids is 1. The van der Waals surface area contributed by atoms with Gasteiger partial charge in [0.1, 0.15) is 5.60 Å². The molecule has 3 rings (SSSR count). The molecule has 0 aromatic heterocycles. The number of nitrogens with zero attached hydrogens (tertiary/aromatic N) is 2. The van der Waals surface area contributed by atoms with Crippen molar-refractivity contribution in [1.82, 2.24) is 4.90 Å². The van der Waals surface area contributed by atoms with E-state index in [1.165, 1.54) is 11.3 Å². The van der Waals surface area contributed by atoms with Crippen LogP contribution in [0.5, 0.6) is 0 Å². The van der Waals surface area contributed by atoms with Crippen LogP contribution in [0, 0.1) is 0 Å². The topological polar surface area (TPSA) is 32.8 Å². The van der Waals surface area contributed by atoms with Gasteiger partial charge in [0.25, 0.3) is 0 Å². The van der Waals surface area contributed by atoms with E-state index in [9.17, 15) is 4.79 Å². The highest BCUT2D eigenvalue weighted by Gasteiger charge is 2.37. The van der Waals surface area contributed by atoms with Crippen molar-refractivity contribution in [2.45, 2.75) is 64.6 Å². The Labute approximate surface area is 163 Å². The molecule has 1 aromatic carbocycles. The average Bonchev–Trinajstić information content (AvgIpc) is 2.95. The maximum Gasteiger partial charge on any atom is 0.410 e. The van der Waals surface area contributed by atoms with E-state index in [-0.39, 0.29) is 6.09 Å². The van der Waals surface area contributed by atoms with Crippen LogP contribution in [0.4, 0.5) is 10.5 Å². The molecule has 0 radical (unpaired) electrons. The number of amides is 1. The van der Waals surface area contributed by atoms with Crippen LogP contribution in [-0.4, -0.2) is 41.8 Å². The Morgan fingerprint density at radius 2 is 2.04 bits per heavy atom. The van der Waals surface area contributed by atoms with Crippen molar-refractivity contribution in [1.29, 1.82) is 0 Å². The predicted molar refractivity (Wildman–Crippen MR) is 106 cm³/mol. The quantitative estimate of drug-likeness (QED) is 0.611. The van der Waals surface area contributed by atoms with Gasteiger partial charge in [-0.1, -0.05) is 11.6 Å². The molecule has 0 aliphatic carbocycles. The average molecular weight is 430 g/mol. The minimum absolute atomic E-state index is 0.213. The molecule has 0 spiro atoms. The van der Waals surface area contributed by atoms with Gasteiger partial charge < -0.3 is 14.5 Å².